The first kappa shape index (κ1) is 15.4. The molecular formula is C19H15N5O3. The smallest absolute Gasteiger partial charge is 0.351 e. The van der Waals surface area contributed by atoms with Gasteiger partial charge in [-0.25, -0.2) is 13.9 Å². The Morgan fingerprint density at radius 1 is 1.04 bits per heavy atom. The highest BCUT2D eigenvalue weighted by molar-refractivity contribution is 5.56. The van der Waals surface area contributed by atoms with Gasteiger partial charge in [-0.3, -0.25) is 0 Å². The minimum Gasteiger partial charge on any atom is -0.454 e. The number of fused-ring (bicyclic) bond motifs is 2. The maximum Gasteiger partial charge on any atom is 0.351 e. The zero-order valence-corrected chi connectivity index (χ0v) is 14.2. The number of para-hydroxylation sites is 1. The van der Waals surface area contributed by atoms with Crippen LogP contribution in [-0.4, -0.2) is 26.0 Å². The van der Waals surface area contributed by atoms with Crippen LogP contribution >= 0.6 is 0 Å². The summed E-state index contributed by atoms with van der Waals surface area (Å²) >= 11 is 0. The van der Waals surface area contributed by atoms with Crippen LogP contribution in [0.1, 0.15) is 5.56 Å². The molecule has 27 heavy (non-hydrogen) atoms. The van der Waals surface area contributed by atoms with Crippen molar-refractivity contribution in [3.05, 3.63) is 76.8 Å². The molecule has 0 unspecified atom stereocenters. The van der Waals surface area contributed by atoms with Crippen LogP contribution in [0.4, 0.5) is 11.5 Å². The lowest BCUT2D eigenvalue weighted by molar-refractivity contribution is 0.174. The standard InChI is InChI=1S/C19H15N5O3/c25-19-23-9-8-17(20-14-4-2-1-3-5-14)21-18(23)22-24(19)11-13-6-7-15-16(10-13)27-12-26-15/h1-10H,11-12H2,(H,20,21,22). The Labute approximate surface area is 153 Å². The van der Waals surface area contributed by atoms with E-state index in [4.69, 9.17) is 9.47 Å². The minimum absolute atomic E-state index is 0.216. The molecule has 0 spiro atoms. The van der Waals surface area contributed by atoms with Gasteiger partial charge in [0.25, 0.3) is 5.78 Å². The van der Waals surface area contributed by atoms with Gasteiger partial charge in [0.2, 0.25) is 6.79 Å². The largest absolute Gasteiger partial charge is 0.454 e. The van der Waals surface area contributed by atoms with Gasteiger partial charge in [0, 0.05) is 11.9 Å². The monoisotopic (exact) mass is 361 g/mol. The van der Waals surface area contributed by atoms with Crippen molar-refractivity contribution in [2.75, 3.05) is 12.1 Å². The second-order valence-corrected chi connectivity index (χ2v) is 6.10. The Morgan fingerprint density at radius 3 is 2.78 bits per heavy atom. The van der Waals surface area contributed by atoms with Gasteiger partial charge in [-0.05, 0) is 35.9 Å². The Hall–Kier alpha value is -3.81. The van der Waals surface area contributed by atoms with Gasteiger partial charge in [-0.1, -0.05) is 24.3 Å². The van der Waals surface area contributed by atoms with Crippen LogP contribution in [0.5, 0.6) is 11.5 Å². The van der Waals surface area contributed by atoms with Gasteiger partial charge in [0.05, 0.1) is 6.54 Å². The number of ether oxygens (including phenoxy) is 2. The van der Waals surface area contributed by atoms with Crippen molar-refractivity contribution in [3.63, 3.8) is 0 Å². The van der Waals surface area contributed by atoms with Crippen LogP contribution < -0.4 is 20.5 Å². The molecule has 1 aliphatic rings. The lowest BCUT2D eigenvalue weighted by Gasteiger charge is -2.04. The summed E-state index contributed by atoms with van der Waals surface area (Å²) in [4.78, 5) is 17.0. The average molecular weight is 361 g/mol. The molecule has 5 rings (SSSR count). The number of nitrogens with zero attached hydrogens (tertiary/aromatic N) is 4. The predicted octanol–water partition coefficient (Wildman–Crippen LogP) is 2.41. The van der Waals surface area contributed by atoms with Crippen molar-refractivity contribution >= 4 is 17.3 Å². The molecule has 0 fully saturated rings. The van der Waals surface area contributed by atoms with Crippen molar-refractivity contribution < 1.29 is 9.47 Å². The summed E-state index contributed by atoms with van der Waals surface area (Å²) in [7, 11) is 0. The molecule has 8 heteroatoms. The predicted molar refractivity (Wildman–Crippen MR) is 98.6 cm³/mol. The summed E-state index contributed by atoms with van der Waals surface area (Å²) in [5, 5.41) is 7.54. The van der Waals surface area contributed by atoms with Crippen molar-refractivity contribution in [1.29, 1.82) is 0 Å². The van der Waals surface area contributed by atoms with E-state index in [9.17, 15) is 4.79 Å². The van der Waals surface area contributed by atoms with E-state index >= 15 is 0 Å². The molecule has 0 radical (unpaired) electrons. The minimum atomic E-state index is -0.249. The van der Waals surface area contributed by atoms with E-state index in [0.717, 1.165) is 11.3 Å². The summed E-state index contributed by atoms with van der Waals surface area (Å²) in [6, 6.07) is 17.0. The molecule has 1 aliphatic heterocycles. The van der Waals surface area contributed by atoms with E-state index < -0.39 is 0 Å². The SMILES string of the molecule is O=c1n(Cc2ccc3c(c2)OCO3)nc2nc(Nc3ccccc3)ccn12. The summed E-state index contributed by atoms with van der Waals surface area (Å²) in [5.41, 5.74) is 1.56. The fourth-order valence-corrected chi connectivity index (χ4v) is 2.96. The van der Waals surface area contributed by atoms with E-state index in [2.05, 4.69) is 15.4 Å². The third-order valence-corrected chi connectivity index (χ3v) is 4.27. The van der Waals surface area contributed by atoms with Crippen LogP contribution in [0.25, 0.3) is 5.78 Å². The molecule has 1 N–H and O–H groups in total. The lowest BCUT2D eigenvalue weighted by atomic mass is 10.2. The van der Waals surface area contributed by atoms with Gasteiger partial charge in [0.15, 0.2) is 11.5 Å². The molecule has 134 valence electrons. The number of rotatable bonds is 4. The van der Waals surface area contributed by atoms with Crippen LogP contribution in [0.3, 0.4) is 0 Å². The van der Waals surface area contributed by atoms with Crippen molar-refractivity contribution in [3.8, 4) is 11.5 Å². The first-order chi connectivity index (χ1) is 13.3. The number of hydrogen-bond donors (Lipinski definition) is 1. The molecule has 2 aromatic carbocycles. The number of anilines is 2. The van der Waals surface area contributed by atoms with E-state index in [1.54, 1.807) is 12.3 Å². The fraction of sp³-hybridized carbons (Fsp3) is 0.105. The first-order valence-electron chi connectivity index (χ1n) is 8.43. The topological polar surface area (TPSA) is 82.7 Å². The molecule has 4 aromatic rings. The quantitative estimate of drug-likeness (QED) is 0.601. The summed E-state index contributed by atoms with van der Waals surface area (Å²) in [5.74, 6) is 2.34. The van der Waals surface area contributed by atoms with Crippen molar-refractivity contribution in [1.82, 2.24) is 19.2 Å². The Bertz CT molecular complexity index is 1180. The molecule has 0 aliphatic carbocycles. The number of aromatic nitrogens is 4. The molecule has 2 aromatic heterocycles. The van der Waals surface area contributed by atoms with Crippen molar-refractivity contribution in [2.45, 2.75) is 6.54 Å². The normalized spacial score (nSPS) is 12.4. The Morgan fingerprint density at radius 2 is 1.89 bits per heavy atom. The van der Waals surface area contributed by atoms with E-state index in [1.165, 1.54) is 9.08 Å². The van der Waals surface area contributed by atoms with E-state index in [0.29, 0.717) is 29.6 Å². The van der Waals surface area contributed by atoms with E-state index in [1.807, 2.05) is 48.5 Å². The first-order valence-corrected chi connectivity index (χ1v) is 8.43. The third kappa shape index (κ3) is 2.86. The third-order valence-electron chi connectivity index (χ3n) is 4.27. The zero-order chi connectivity index (χ0) is 18.2. The highest BCUT2D eigenvalue weighted by Crippen LogP contribution is 2.32. The van der Waals surface area contributed by atoms with Gasteiger partial charge < -0.3 is 14.8 Å². The van der Waals surface area contributed by atoms with Crippen LogP contribution in [0.15, 0.2) is 65.6 Å². The summed E-state index contributed by atoms with van der Waals surface area (Å²) in [6.07, 6.45) is 1.67. The second kappa shape index (κ2) is 6.17. The van der Waals surface area contributed by atoms with Crippen LogP contribution in [-0.2, 0) is 6.54 Å². The summed E-state index contributed by atoms with van der Waals surface area (Å²) < 4.78 is 13.5. The maximum absolute atomic E-state index is 12.6. The Kier molecular flexibility index (Phi) is 3.53. The highest BCUT2D eigenvalue weighted by atomic mass is 16.7. The van der Waals surface area contributed by atoms with Gasteiger partial charge in [-0.2, -0.15) is 4.98 Å². The van der Waals surface area contributed by atoms with Gasteiger partial charge in [-0.15, -0.1) is 5.10 Å². The summed E-state index contributed by atoms with van der Waals surface area (Å²) in [6.45, 7) is 0.536. The average Bonchev–Trinajstić information content (AvgIpc) is 3.27. The van der Waals surface area contributed by atoms with Crippen molar-refractivity contribution in [2.24, 2.45) is 0 Å². The van der Waals surface area contributed by atoms with Crippen LogP contribution in [0.2, 0.25) is 0 Å². The van der Waals surface area contributed by atoms with Crippen LogP contribution in [0, 0.1) is 0 Å². The molecule has 8 nitrogen and oxygen atoms in total. The maximum atomic E-state index is 12.6. The van der Waals surface area contributed by atoms with E-state index in [-0.39, 0.29) is 12.5 Å². The molecular weight excluding hydrogens is 346 g/mol. The van der Waals surface area contributed by atoms with Gasteiger partial charge >= 0.3 is 5.69 Å². The highest BCUT2D eigenvalue weighted by Gasteiger charge is 2.15. The molecule has 0 saturated carbocycles. The molecule has 0 bridgehead atoms. The van der Waals surface area contributed by atoms with Gasteiger partial charge in [0.1, 0.15) is 5.82 Å². The number of hydrogen-bond acceptors (Lipinski definition) is 6. The lowest BCUT2D eigenvalue weighted by Crippen LogP contribution is -2.21. The number of benzene rings is 2. The molecule has 0 saturated heterocycles. The zero-order valence-electron chi connectivity index (χ0n) is 14.2. The Balaban J connectivity index is 1.45. The second-order valence-electron chi connectivity index (χ2n) is 6.10. The molecule has 0 amide bonds. The fourth-order valence-electron chi connectivity index (χ4n) is 2.96. The molecule has 3 heterocycles. The molecule has 0 atom stereocenters. The number of nitrogens with one attached hydrogen (secondary N) is 1.